The molecular formula is C14H19FO3. The third-order valence-electron chi connectivity index (χ3n) is 2.97. The summed E-state index contributed by atoms with van der Waals surface area (Å²) in [6.07, 6.45) is -0.597. The topological polar surface area (TPSA) is 46.5 Å². The second-order valence-electron chi connectivity index (χ2n) is 4.21. The summed E-state index contributed by atoms with van der Waals surface area (Å²) in [7, 11) is 0. The molecule has 100 valence electrons. The van der Waals surface area contributed by atoms with Gasteiger partial charge in [-0.15, -0.1) is 0 Å². The van der Waals surface area contributed by atoms with Gasteiger partial charge in [0.1, 0.15) is 5.82 Å². The van der Waals surface area contributed by atoms with Crippen LogP contribution in [0.5, 0.6) is 0 Å². The van der Waals surface area contributed by atoms with E-state index in [-0.39, 0.29) is 6.61 Å². The average Bonchev–Trinajstić information content (AvgIpc) is 2.33. The molecule has 0 spiro atoms. The second-order valence-corrected chi connectivity index (χ2v) is 4.21. The van der Waals surface area contributed by atoms with E-state index in [4.69, 9.17) is 4.74 Å². The molecule has 0 heterocycles. The molecule has 4 heteroatoms. The summed E-state index contributed by atoms with van der Waals surface area (Å²) in [6, 6.07) is 4.19. The summed E-state index contributed by atoms with van der Waals surface area (Å²) in [4.78, 5) is 11.7. The SMILES string of the molecule is CCOC(=O)C(CC)C(O)c1cc(F)ccc1C. The molecule has 0 aromatic heterocycles. The van der Waals surface area contributed by atoms with E-state index < -0.39 is 23.8 Å². The second kappa shape index (κ2) is 6.50. The smallest absolute Gasteiger partial charge is 0.311 e. The molecule has 0 bridgehead atoms. The molecule has 0 aliphatic rings. The molecule has 0 fully saturated rings. The lowest BCUT2D eigenvalue weighted by atomic mass is 9.91. The van der Waals surface area contributed by atoms with Crippen LogP contribution in [-0.2, 0) is 9.53 Å². The van der Waals surface area contributed by atoms with E-state index in [1.54, 1.807) is 26.8 Å². The summed E-state index contributed by atoms with van der Waals surface area (Å²) in [5.41, 5.74) is 1.20. The molecule has 1 aromatic rings. The Bertz CT molecular complexity index is 418. The zero-order valence-corrected chi connectivity index (χ0v) is 10.9. The number of carbonyl (C=O) groups excluding carboxylic acids is 1. The lowest BCUT2D eigenvalue weighted by Gasteiger charge is -2.21. The average molecular weight is 254 g/mol. The van der Waals surface area contributed by atoms with Gasteiger partial charge >= 0.3 is 5.97 Å². The van der Waals surface area contributed by atoms with Gasteiger partial charge in [-0.25, -0.2) is 4.39 Å². The van der Waals surface area contributed by atoms with Crippen molar-refractivity contribution in [2.75, 3.05) is 6.61 Å². The van der Waals surface area contributed by atoms with Crippen LogP contribution in [0.4, 0.5) is 4.39 Å². The zero-order chi connectivity index (χ0) is 13.7. The molecule has 0 aliphatic heterocycles. The van der Waals surface area contributed by atoms with Crippen LogP contribution in [-0.4, -0.2) is 17.7 Å². The van der Waals surface area contributed by atoms with Crippen LogP contribution < -0.4 is 0 Å². The molecule has 1 aromatic carbocycles. The van der Waals surface area contributed by atoms with Crippen LogP contribution in [0, 0.1) is 18.7 Å². The third kappa shape index (κ3) is 3.29. The Morgan fingerprint density at radius 1 is 1.44 bits per heavy atom. The van der Waals surface area contributed by atoms with E-state index in [0.717, 1.165) is 5.56 Å². The molecule has 0 radical (unpaired) electrons. The maximum absolute atomic E-state index is 13.2. The first-order valence-electron chi connectivity index (χ1n) is 6.12. The lowest BCUT2D eigenvalue weighted by Crippen LogP contribution is -2.24. The number of aliphatic hydroxyl groups is 1. The van der Waals surface area contributed by atoms with E-state index in [2.05, 4.69) is 0 Å². The van der Waals surface area contributed by atoms with E-state index in [9.17, 15) is 14.3 Å². The van der Waals surface area contributed by atoms with Gasteiger partial charge in [0.15, 0.2) is 0 Å². The predicted octanol–water partition coefficient (Wildman–Crippen LogP) is 2.76. The number of halogens is 1. The number of rotatable bonds is 5. The first-order chi connectivity index (χ1) is 8.51. The molecule has 1 N–H and O–H groups in total. The fourth-order valence-corrected chi connectivity index (χ4v) is 1.91. The van der Waals surface area contributed by atoms with E-state index in [1.165, 1.54) is 12.1 Å². The van der Waals surface area contributed by atoms with Crippen LogP contribution in [0.15, 0.2) is 18.2 Å². The van der Waals surface area contributed by atoms with Crippen LogP contribution in [0.3, 0.4) is 0 Å². The van der Waals surface area contributed by atoms with Crippen LogP contribution in [0.2, 0.25) is 0 Å². The molecule has 1 rings (SSSR count). The van der Waals surface area contributed by atoms with Crippen molar-refractivity contribution >= 4 is 5.97 Å². The van der Waals surface area contributed by atoms with Crippen molar-refractivity contribution in [3.05, 3.63) is 35.1 Å². The Balaban J connectivity index is 2.99. The molecule has 0 aliphatic carbocycles. The van der Waals surface area contributed by atoms with E-state index in [1.807, 2.05) is 0 Å². The molecule has 2 unspecified atom stereocenters. The number of hydrogen-bond acceptors (Lipinski definition) is 3. The van der Waals surface area contributed by atoms with Crippen molar-refractivity contribution in [1.29, 1.82) is 0 Å². The largest absolute Gasteiger partial charge is 0.466 e. The highest BCUT2D eigenvalue weighted by Gasteiger charge is 2.28. The minimum absolute atomic E-state index is 0.268. The number of esters is 1. The molecule has 2 atom stereocenters. The number of benzene rings is 1. The number of ether oxygens (including phenoxy) is 1. The summed E-state index contributed by atoms with van der Waals surface area (Å²) >= 11 is 0. The van der Waals surface area contributed by atoms with Crippen molar-refractivity contribution in [3.63, 3.8) is 0 Å². The highest BCUT2D eigenvalue weighted by molar-refractivity contribution is 5.73. The Morgan fingerprint density at radius 3 is 2.67 bits per heavy atom. The van der Waals surface area contributed by atoms with E-state index in [0.29, 0.717) is 12.0 Å². The van der Waals surface area contributed by atoms with Gasteiger partial charge in [-0.05, 0) is 43.5 Å². The maximum atomic E-state index is 13.2. The Labute approximate surface area is 107 Å². The highest BCUT2D eigenvalue weighted by atomic mass is 19.1. The molecule has 0 saturated heterocycles. The van der Waals surface area contributed by atoms with Gasteiger partial charge in [0, 0.05) is 0 Å². The first-order valence-corrected chi connectivity index (χ1v) is 6.12. The van der Waals surface area contributed by atoms with Crippen LogP contribution in [0.1, 0.15) is 37.5 Å². The van der Waals surface area contributed by atoms with Gasteiger partial charge in [-0.1, -0.05) is 13.0 Å². The van der Waals surface area contributed by atoms with E-state index >= 15 is 0 Å². The number of carbonyl (C=O) groups is 1. The van der Waals surface area contributed by atoms with Crippen LogP contribution >= 0.6 is 0 Å². The van der Waals surface area contributed by atoms with Crippen molar-refractivity contribution in [3.8, 4) is 0 Å². The van der Waals surface area contributed by atoms with Gasteiger partial charge in [0.2, 0.25) is 0 Å². The summed E-state index contributed by atoms with van der Waals surface area (Å²) in [5, 5.41) is 10.2. The zero-order valence-electron chi connectivity index (χ0n) is 10.9. The molecule has 3 nitrogen and oxygen atoms in total. The Hall–Kier alpha value is -1.42. The summed E-state index contributed by atoms with van der Waals surface area (Å²) in [5.74, 6) is -1.53. The molecule has 0 saturated carbocycles. The predicted molar refractivity (Wildman–Crippen MR) is 66.5 cm³/mol. The van der Waals surface area contributed by atoms with Crippen LogP contribution in [0.25, 0.3) is 0 Å². The van der Waals surface area contributed by atoms with Gasteiger partial charge in [0.05, 0.1) is 18.6 Å². The highest BCUT2D eigenvalue weighted by Crippen LogP contribution is 2.28. The Kier molecular flexibility index (Phi) is 5.28. The normalized spacial score (nSPS) is 14.1. The first kappa shape index (κ1) is 14.6. The van der Waals surface area contributed by atoms with Gasteiger partial charge in [-0.3, -0.25) is 4.79 Å². The standard InChI is InChI=1S/C14H19FO3/c1-4-11(14(17)18-5-2)13(16)12-8-10(15)7-6-9(12)3/h6-8,11,13,16H,4-5H2,1-3H3. The number of aryl methyl sites for hydroxylation is 1. The van der Waals surface area contributed by atoms with Gasteiger partial charge in [0.25, 0.3) is 0 Å². The molecule has 0 amide bonds. The fraction of sp³-hybridized carbons (Fsp3) is 0.500. The quantitative estimate of drug-likeness (QED) is 0.822. The summed E-state index contributed by atoms with van der Waals surface area (Å²) < 4.78 is 18.1. The lowest BCUT2D eigenvalue weighted by molar-refractivity contribution is -0.152. The third-order valence-corrected chi connectivity index (χ3v) is 2.97. The Morgan fingerprint density at radius 2 is 2.11 bits per heavy atom. The molecular weight excluding hydrogens is 235 g/mol. The molecule has 18 heavy (non-hydrogen) atoms. The van der Waals surface area contributed by atoms with Crippen molar-refractivity contribution in [2.24, 2.45) is 5.92 Å². The van der Waals surface area contributed by atoms with Gasteiger partial charge in [-0.2, -0.15) is 0 Å². The van der Waals surface area contributed by atoms with Gasteiger partial charge < -0.3 is 9.84 Å². The van der Waals surface area contributed by atoms with Crippen molar-refractivity contribution in [2.45, 2.75) is 33.3 Å². The minimum atomic E-state index is -1.04. The number of hydrogen-bond donors (Lipinski definition) is 1. The number of aliphatic hydroxyl groups excluding tert-OH is 1. The van der Waals surface area contributed by atoms with Crippen molar-refractivity contribution in [1.82, 2.24) is 0 Å². The fourth-order valence-electron chi connectivity index (χ4n) is 1.91. The maximum Gasteiger partial charge on any atom is 0.311 e. The van der Waals surface area contributed by atoms with Crippen molar-refractivity contribution < 1.29 is 19.0 Å². The summed E-state index contributed by atoms with van der Waals surface area (Å²) in [6.45, 7) is 5.55. The monoisotopic (exact) mass is 254 g/mol. The minimum Gasteiger partial charge on any atom is -0.466 e.